The number of nitrogens with zero attached hydrogens (tertiary/aromatic N) is 4. The smallest absolute Gasteiger partial charge is 0.167 e. The normalized spacial score (nSPS) is 23.6. The Hall–Kier alpha value is -3.01. The van der Waals surface area contributed by atoms with Crippen LogP contribution in [0.15, 0.2) is 30.5 Å². The minimum Gasteiger partial charge on any atom is -0.490 e. The summed E-state index contributed by atoms with van der Waals surface area (Å²) >= 11 is 0. The van der Waals surface area contributed by atoms with Crippen LogP contribution < -0.4 is 4.74 Å². The van der Waals surface area contributed by atoms with Gasteiger partial charge in [-0.15, -0.1) is 10.2 Å². The van der Waals surface area contributed by atoms with Crippen LogP contribution in [0.25, 0.3) is 5.65 Å². The number of aryl methyl sites for hydroxylation is 1. The minimum absolute atomic E-state index is 0.198. The zero-order valence-electron chi connectivity index (χ0n) is 16.0. The van der Waals surface area contributed by atoms with Gasteiger partial charge >= 0.3 is 0 Å². The van der Waals surface area contributed by atoms with Gasteiger partial charge in [-0.2, -0.15) is 5.26 Å². The number of hydrogen-bond donors (Lipinski definition) is 0. The highest BCUT2D eigenvalue weighted by Gasteiger charge is 2.48. The number of aromatic nitrogens is 3. The van der Waals surface area contributed by atoms with Crippen molar-refractivity contribution in [2.24, 2.45) is 5.92 Å². The first-order valence-electron chi connectivity index (χ1n) is 9.85. The molecule has 0 bridgehead atoms. The van der Waals surface area contributed by atoms with Gasteiger partial charge in [-0.25, -0.2) is 8.78 Å². The molecule has 2 aromatic heterocycles. The molecule has 29 heavy (non-hydrogen) atoms. The topological polar surface area (TPSA) is 63.2 Å². The summed E-state index contributed by atoms with van der Waals surface area (Å²) in [6, 6.07) is 7.41. The summed E-state index contributed by atoms with van der Waals surface area (Å²) in [4.78, 5) is 0. The quantitative estimate of drug-likeness (QED) is 0.648. The molecule has 0 unspecified atom stereocenters. The zero-order chi connectivity index (χ0) is 20.2. The molecule has 2 aliphatic carbocycles. The number of rotatable bonds is 5. The highest BCUT2D eigenvalue weighted by molar-refractivity contribution is 5.54. The first kappa shape index (κ1) is 18.0. The zero-order valence-corrected chi connectivity index (χ0v) is 16.0. The fourth-order valence-corrected chi connectivity index (χ4v) is 4.16. The summed E-state index contributed by atoms with van der Waals surface area (Å²) in [5, 5.41) is 18.3. The summed E-state index contributed by atoms with van der Waals surface area (Å²) in [5.41, 5.74) is 1.12. The Kier molecular flexibility index (Phi) is 4.05. The third-order valence-corrected chi connectivity index (χ3v) is 6.09. The van der Waals surface area contributed by atoms with Crippen molar-refractivity contribution in [3.8, 4) is 11.8 Å². The van der Waals surface area contributed by atoms with E-state index < -0.39 is 17.0 Å². The van der Waals surface area contributed by atoms with Gasteiger partial charge in [-0.05, 0) is 49.4 Å². The Bertz CT molecular complexity index is 1120. The summed E-state index contributed by atoms with van der Waals surface area (Å²) in [7, 11) is 0. The van der Waals surface area contributed by atoms with Crippen molar-refractivity contribution in [3.05, 3.63) is 59.0 Å². The van der Waals surface area contributed by atoms with Crippen molar-refractivity contribution in [3.63, 3.8) is 0 Å². The average molecular weight is 394 g/mol. The Morgan fingerprint density at radius 2 is 1.93 bits per heavy atom. The number of halogens is 2. The standard InChI is InChI=1S/C22H20F2N4O/c1-13-19(4-5-28-20(6-14-2-3-14)26-27-21(13)28)29-18-10-22(11-18,12-25)15-7-16(23)9-17(24)8-15/h4-5,7-9,14,18H,2-3,6,10-11H2,1H3/t18-,22-. The van der Waals surface area contributed by atoms with E-state index in [1.165, 1.54) is 25.0 Å². The van der Waals surface area contributed by atoms with E-state index in [0.29, 0.717) is 24.2 Å². The lowest BCUT2D eigenvalue weighted by molar-refractivity contribution is 0.0659. The van der Waals surface area contributed by atoms with E-state index in [0.717, 1.165) is 35.4 Å². The highest BCUT2D eigenvalue weighted by atomic mass is 19.1. The molecule has 0 aliphatic heterocycles. The Balaban J connectivity index is 1.34. The molecule has 0 spiro atoms. The number of pyridine rings is 1. The maximum Gasteiger partial charge on any atom is 0.167 e. The molecule has 0 N–H and O–H groups in total. The second-order valence-electron chi connectivity index (χ2n) is 8.26. The van der Waals surface area contributed by atoms with Gasteiger partial charge in [-0.3, -0.25) is 4.40 Å². The molecule has 0 atom stereocenters. The molecule has 148 valence electrons. The van der Waals surface area contributed by atoms with Crippen molar-refractivity contribution < 1.29 is 13.5 Å². The summed E-state index contributed by atoms with van der Waals surface area (Å²) in [6.07, 6.45) is 5.95. The maximum absolute atomic E-state index is 13.6. The molecular formula is C22H20F2N4O. The minimum atomic E-state index is -0.919. The van der Waals surface area contributed by atoms with Crippen molar-refractivity contribution in [2.75, 3.05) is 0 Å². The Morgan fingerprint density at radius 1 is 1.21 bits per heavy atom. The lowest BCUT2D eigenvalue weighted by atomic mass is 9.63. The highest BCUT2D eigenvalue weighted by Crippen LogP contribution is 2.46. The van der Waals surface area contributed by atoms with Crippen LogP contribution in [0.5, 0.6) is 5.75 Å². The van der Waals surface area contributed by atoms with Crippen molar-refractivity contribution in [1.82, 2.24) is 14.6 Å². The molecule has 5 rings (SSSR count). The molecule has 5 nitrogen and oxygen atoms in total. The van der Waals surface area contributed by atoms with Crippen LogP contribution in [0.2, 0.25) is 0 Å². The first-order valence-corrected chi connectivity index (χ1v) is 9.85. The van der Waals surface area contributed by atoms with Crippen LogP contribution in [-0.2, 0) is 11.8 Å². The van der Waals surface area contributed by atoms with E-state index in [1.807, 2.05) is 23.6 Å². The lowest BCUT2D eigenvalue weighted by Gasteiger charge is -2.42. The summed E-state index contributed by atoms with van der Waals surface area (Å²) < 4.78 is 35.3. The van der Waals surface area contributed by atoms with E-state index in [-0.39, 0.29) is 6.10 Å². The molecule has 3 aromatic rings. The molecule has 0 amide bonds. The molecule has 2 heterocycles. The van der Waals surface area contributed by atoms with Gasteiger partial charge in [0.25, 0.3) is 0 Å². The van der Waals surface area contributed by atoms with Gasteiger partial charge in [0.05, 0.1) is 11.5 Å². The number of nitriles is 1. The molecule has 0 saturated heterocycles. The van der Waals surface area contributed by atoms with Gasteiger partial charge in [0.1, 0.15) is 29.3 Å². The van der Waals surface area contributed by atoms with Crippen LogP contribution in [0.1, 0.15) is 42.6 Å². The van der Waals surface area contributed by atoms with Crippen molar-refractivity contribution in [2.45, 2.75) is 50.5 Å². The second-order valence-corrected chi connectivity index (χ2v) is 8.26. The molecule has 7 heteroatoms. The van der Waals surface area contributed by atoms with Crippen LogP contribution >= 0.6 is 0 Å². The van der Waals surface area contributed by atoms with Crippen LogP contribution in [-0.4, -0.2) is 20.7 Å². The summed E-state index contributed by atoms with van der Waals surface area (Å²) in [5.74, 6) is 1.05. The molecule has 0 radical (unpaired) electrons. The monoisotopic (exact) mass is 394 g/mol. The first-order chi connectivity index (χ1) is 14.0. The SMILES string of the molecule is Cc1c(O[C@H]2C[C@](C#N)(c3cc(F)cc(F)c3)C2)ccn2c(CC3CC3)nnc12. The number of benzene rings is 1. The fraction of sp³-hybridized carbons (Fsp3) is 0.409. The Morgan fingerprint density at radius 3 is 2.59 bits per heavy atom. The van der Waals surface area contributed by atoms with E-state index in [4.69, 9.17) is 4.74 Å². The van der Waals surface area contributed by atoms with Gasteiger partial charge in [0.2, 0.25) is 0 Å². The van der Waals surface area contributed by atoms with Gasteiger partial charge < -0.3 is 4.74 Å². The second kappa shape index (κ2) is 6.51. The Labute approximate surface area is 166 Å². The van der Waals surface area contributed by atoms with Crippen LogP contribution in [0, 0.1) is 35.8 Å². The molecule has 1 aromatic carbocycles. The number of fused-ring (bicyclic) bond motifs is 1. The third kappa shape index (κ3) is 3.13. The molecule has 2 aliphatic rings. The summed E-state index contributed by atoms with van der Waals surface area (Å²) in [6.45, 7) is 1.94. The van der Waals surface area contributed by atoms with Crippen LogP contribution in [0.3, 0.4) is 0 Å². The van der Waals surface area contributed by atoms with Gasteiger partial charge in [0, 0.05) is 37.1 Å². The van der Waals surface area contributed by atoms with Crippen LogP contribution in [0.4, 0.5) is 8.78 Å². The van der Waals surface area contributed by atoms with E-state index in [1.54, 1.807) is 0 Å². The van der Waals surface area contributed by atoms with E-state index in [2.05, 4.69) is 16.3 Å². The lowest BCUT2D eigenvalue weighted by Crippen LogP contribution is -2.46. The number of hydrogen-bond acceptors (Lipinski definition) is 4. The largest absolute Gasteiger partial charge is 0.490 e. The average Bonchev–Trinajstić information content (AvgIpc) is 3.37. The van der Waals surface area contributed by atoms with E-state index in [9.17, 15) is 14.0 Å². The molecule has 2 saturated carbocycles. The fourth-order valence-electron chi connectivity index (χ4n) is 4.16. The van der Waals surface area contributed by atoms with Crippen molar-refractivity contribution in [1.29, 1.82) is 5.26 Å². The molecule has 2 fully saturated rings. The van der Waals surface area contributed by atoms with E-state index >= 15 is 0 Å². The van der Waals surface area contributed by atoms with Gasteiger partial charge in [-0.1, -0.05) is 0 Å². The van der Waals surface area contributed by atoms with Gasteiger partial charge in [0.15, 0.2) is 5.65 Å². The molecular weight excluding hydrogens is 374 g/mol. The third-order valence-electron chi connectivity index (χ3n) is 6.09. The predicted molar refractivity (Wildman–Crippen MR) is 101 cm³/mol. The predicted octanol–water partition coefficient (Wildman–Crippen LogP) is 4.27. The number of ether oxygens (including phenoxy) is 1. The maximum atomic E-state index is 13.6. The van der Waals surface area contributed by atoms with Crippen molar-refractivity contribution >= 4 is 5.65 Å².